The van der Waals surface area contributed by atoms with Gasteiger partial charge in [-0.05, 0) is 32.1 Å². The van der Waals surface area contributed by atoms with Gasteiger partial charge in [-0.25, -0.2) is 0 Å². The maximum atomic E-state index is 11.6. The lowest BCUT2D eigenvalue weighted by Gasteiger charge is -2.31. The van der Waals surface area contributed by atoms with Crippen LogP contribution >= 0.6 is 0 Å². The summed E-state index contributed by atoms with van der Waals surface area (Å²) in [6.45, 7) is 4.58. The van der Waals surface area contributed by atoms with Crippen LogP contribution in [0.5, 0.6) is 0 Å². The Labute approximate surface area is 91.2 Å². The van der Waals surface area contributed by atoms with Crippen LogP contribution in [0.2, 0.25) is 0 Å². The van der Waals surface area contributed by atoms with E-state index in [0.717, 1.165) is 32.4 Å². The normalized spacial score (nSPS) is 18.1. The zero-order valence-corrected chi connectivity index (χ0v) is 9.45. The maximum Gasteiger partial charge on any atom is 0.248 e. The highest BCUT2D eigenvalue weighted by atomic mass is 16.5. The second-order valence-electron chi connectivity index (χ2n) is 3.97. The molecule has 1 saturated heterocycles. The summed E-state index contributed by atoms with van der Waals surface area (Å²) in [6.07, 6.45) is 2.89. The van der Waals surface area contributed by atoms with Crippen LogP contribution in [0.25, 0.3) is 0 Å². The van der Waals surface area contributed by atoms with Crippen molar-refractivity contribution in [2.24, 2.45) is 5.92 Å². The van der Waals surface area contributed by atoms with Crippen molar-refractivity contribution < 1.29 is 14.6 Å². The van der Waals surface area contributed by atoms with Gasteiger partial charge in [-0.3, -0.25) is 4.79 Å². The van der Waals surface area contributed by atoms with Crippen LogP contribution in [0, 0.1) is 5.92 Å². The average molecular weight is 215 g/mol. The van der Waals surface area contributed by atoms with Gasteiger partial charge in [0, 0.05) is 26.3 Å². The molecule has 0 spiro atoms. The summed E-state index contributed by atoms with van der Waals surface area (Å²) in [7, 11) is 0. The van der Waals surface area contributed by atoms with Crippen LogP contribution in [0.15, 0.2) is 0 Å². The number of amides is 1. The Morgan fingerprint density at radius 2 is 2.13 bits per heavy atom. The highest BCUT2D eigenvalue weighted by Crippen LogP contribution is 2.19. The maximum absolute atomic E-state index is 11.6. The van der Waals surface area contributed by atoms with Crippen molar-refractivity contribution in [3.8, 4) is 0 Å². The minimum absolute atomic E-state index is 0.0966. The van der Waals surface area contributed by atoms with E-state index in [4.69, 9.17) is 9.84 Å². The standard InChI is InChI=1S/C11H21NO3/c1-2-15-9-11(14)12-6-3-10(4-7-12)5-8-13/h10,13H,2-9H2,1H3. The fraction of sp³-hybridized carbons (Fsp3) is 0.909. The molecule has 0 atom stereocenters. The monoisotopic (exact) mass is 215 g/mol. The summed E-state index contributed by atoms with van der Waals surface area (Å²) in [4.78, 5) is 13.4. The van der Waals surface area contributed by atoms with Gasteiger partial charge < -0.3 is 14.7 Å². The third-order valence-corrected chi connectivity index (χ3v) is 2.93. The Bertz CT molecular complexity index is 188. The summed E-state index contributed by atoms with van der Waals surface area (Å²) in [6, 6.07) is 0. The Morgan fingerprint density at radius 1 is 1.47 bits per heavy atom. The van der Waals surface area contributed by atoms with Crippen molar-refractivity contribution in [1.29, 1.82) is 0 Å². The molecule has 1 fully saturated rings. The van der Waals surface area contributed by atoms with Gasteiger partial charge in [-0.15, -0.1) is 0 Å². The molecule has 0 aromatic heterocycles. The molecule has 0 bridgehead atoms. The largest absolute Gasteiger partial charge is 0.396 e. The second kappa shape index (κ2) is 6.80. The molecule has 1 amide bonds. The first-order chi connectivity index (χ1) is 7.27. The molecule has 1 aliphatic heterocycles. The number of hydrogen-bond donors (Lipinski definition) is 1. The number of aliphatic hydroxyl groups excluding tert-OH is 1. The fourth-order valence-electron chi connectivity index (χ4n) is 1.93. The molecule has 88 valence electrons. The molecule has 4 nitrogen and oxygen atoms in total. The number of piperidine rings is 1. The quantitative estimate of drug-likeness (QED) is 0.732. The molecule has 0 unspecified atom stereocenters. The van der Waals surface area contributed by atoms with Crippen LogP contribution in [-0.2, 0) is 9.53 Å². The minimum atomic E-state index is 0.0966. The van der Waals surface area contributed by atoms with Crippen LogP contribution < -0.4 is 0 Å². The van der Waals surface area contributed by atoms with Crippen LogP contribution in [0.3, 0.4) is 0 Å². The SMILES string of the molecule is CCOCC(=O)N1CCC(CCO)CC1. The number of ether oxygens (including phenoxy) is 1. The molecule has 4 heteroatoms. The summed E-state index contributed by atoms with van der Waals surface area (Å²) >= 11 is 0. The number of hydrogen-bond acceptors (Lipinski definition) is 3. The van der Waals surface area contributed by atoms with Crippen LogP contribution in [0.1, 0.15) is 26.2 Å². The Morgan fingerprint density at radius 3 is 2.67 bits per heavy atom. The van der Waals surface area contributed by atoms with Crippen molar-refractivity contribution in [3.05, 3.63) is 0 Å². The predicted octanol–water partition coefficient (Wildman–Crippen LogP) is 0.644. The topological polar surface area (TPSA) is 49.8 Å². The van der Waals surface area contributed by atoms with E-state index in [0.29, 0.717) is 12.5 Å². The average Bonchev–Trinajstić information content (AvgIpc) is 2.27. The van der Waals surface area contributed by atoms with E-state index in [1.165, 1.54) is 0 Å². The van der Waals surface area contributed by atoms with Crippen molar-refractivity contribution in [1.82, 2.24) is 4.90 Å². The number of nitrogens with zero attached hydrogens (tertiary/aromatic N) is 1. The Kier molecular flexibility index (Phi) is 5.65. The molecular weight excluding hydrogens is 194 g/mol. The van der Waals surface area contributed by atoms with E-state index in [1.54, 1.807) is 0 Å². The lowest BCUT2D eigenvalue weighted by Crippen LogP contribution is -2.40. The molecule has 1 aliphatic rings. The van der Waals surface area contributed by atoms with Crippen molar-refractivity contribution in [3.63, 3.8) is 0 Å². The van der Waals surface area contributed by atoms with Gasteiger partial charge in [0.15, 0.2) is 0 Å². The lowest BCUT2D eigenvalue weighted by molar-refractivity contribution is -0.137. The summed E-state index contributed by atoms with van der Waals surface area (Å²) in [5, 5.41) is 8.81. The molecule has 1 heterocycles. The molecule has 0 aromatic rings. The van der Waals surface area contributed by atoms with Crippen molar-refractivity contribution in [2.45, 2.75) is 26.2 Å². The van der Waals surface area contributed by atoms with Gasteiger partial charge in [0.2, 0.25) is 5.91 Å². The van der Waals surface area contributed by atoms with Crippen LogP contribution in [-0.4, -0.2) is 48.8 Å². The van der Waals surface area contributed by atoms with Crippen LogP contribution in [0.4, 0.5) is 0 Å². The highest BCUT2D eigenvalue weighted by Gasteiger charge is 2.21. The zero-order valence-electron chi connectivity index (χ0n) is 9.45. The predicted molar refractivity (Wildman–Crippen MR) is 57.5 cm³/mol. The first-order valence-electron chi connectivity index (χ1n) is 5.74. The number of rotatable bonds is 5. The van der Waals surface area contributed by atoms with Crippen molar-refractivity contribution >= 4 is 5.91 Å². The third kappa shape index (κ3) is 4.18. The molecule has 0 saturated carbocycles. The minimum Gasteiger partial charge on any atom is -0.396 e. The molecular formula is C11H21NO3. The second-order valence-corrected chi connectivity index (χ2v) is 3.97. The lowest BCUT2D eigenvalue weighted by atomic mass is 9.94. The number of carbonyl (C=O) groups excluding carboxylic acids is 1. The van der Waals surface area contributed by atoms with E-state index >= 15 is 0 Å². The number of carbonyl (C=O) groups is 1. The molecule has 1 rings (SSSR count). The number of aliphatic hydroxyl groups is 1. The summed E-state index contributed by atoms with van der Waals surface area (Å²) in [5.74, 6) is 0.686. The van der Waals surface area contributed by atoms with Gasteiger partial charge >= 0.3 is 0 Å². The van der Waals surface area contributed by atoms with E-state index in [2.05, 4.69) is 0 Å². The molecule has 0 aliphatic carbocycles. The van der Waals surface area contributed by atoms with Gasteiger partial charge in [0.05, 0.1) is 0 Å². The van der Waals surface area contributed by atoms with Gasteiger partial charge in [-0.1, -0.05) is 0 Å². The highest BCUT2D eigenvalue weighted by molar-refractivity contribution is 5.77. The first-order valence-corrected chi connectivity index (χ1v) is 5.74. The van der Waals surface area contributed by atoms with Gasteiger partial charge in [-0.2, -0.15) is 0 Å². The molecule has 1 N–H and O–H groups in total. The summed E-state index contributed by atoms with van der Waals surface area (Å²) in [5.41, 5.74) is 0. The first kappa shape index (κ1) is 12.5. The zero-order chi connectivity index (χ0) is 11.1. The van der Waals surface area contributed by atoms with Gasteiger partial charge in [0.1, 0.15) is 6.61 Å². The Hall–Kier alpha value is -0.610. The van der Waals surface area contributed by atoms with E-state index in [9.17, 15) is 4.79 Å². The van der Waals surface area contributed by atoms with E-state index in [-0.39, 0.29) is 19.1 Å². The Balaban J connectivity index is 2.21. The fourth-order valence-corrected chi connectivity index (χ4v) is 1.93. The van der Waals surface area contributed by atoms with E-state index < -0.39 is 0 Å². The summed E-state index contributed by atoms with van der Waals surface area (Å²) < 4.78 is 5.09. The van der Waals surface area contributed by atoms with Crippen molar-refractivity contribution in [2.75, 3.05) is 32.9 Å². The third-order valence-electron chi connectivity index (χ3n) is 2.93. The molecule has 15 heavy (non-hydrogen) atoms. The molecule has 0 radical (unpaired) electrons. The number of likely N-dealkylation sites (tertiary alicyclic amines) is 1. The molecule has 0 aromatic carbocycles. The van der Waals surface area contributed by atoms with E-state index in [1.807, 2.05) is 11.8 Å². The smallest absolute Gasteiger partial charge is 0.248 e. The van der Waals surface area contributed by atoms with Gasteiger partial charge in [0.25, 0.3) is 0 Å².